The largest absolute Gasteiger partial charge is 0.481 e. The summed E-state index contributed by atoms with van der Waals surface area (Å²) in [4.78, 5) is 23.3. The Morgan fingerprint density at radius 2 is 1.80 bits per heavy atom. The molecule has 0 aromatic heterocycles. The number of carboxylic acids is 1. The van der Waals surface area contributed by atoms with E-state index in [1.807, 2.05) is 6.07 Å². The highest BCUT2D eigenvalue weighted by atomic mass is 35.5. The van der Waals surface area contributed by atoms with E-state index >= 15 is 0 Å². The van der Waals surface area contributed by atoms with Crippen LogP contribution < -0.4 is 5.32 Å². The van der Waals surface area contributed by atoms with Crippen molar-refractivity contribution in [2.45, 2.75) is 24.7 Å². The van der Waals surface area contributed by atoms with E-state index in [2.05, 4.69) is 5.32 Å². The van der Waals surface area contributed by atoms with Crippen LogP contribution in [0, 0.1) is 0 Å². The van der Waals surface area contributed by atoms with Gasteiger partial charge in [0.05, 0.1) is 12.5 Å². The highest BCUT2D eigenvalue weighted by molar-refractivity contribution is 6.30. The Bertz CT molecular complexity index is 794. The normalized spacial score (nSPS) is 23.1. The summed E-state index contributed by atoms with van der Waals surface area (Å²) in [5, 5.41) is 13.0. The number of hydrogen-bond donors (Lipinski definition) is 2. The van der Waals surface area contributed by atoms with Gasteiger partial charge in [0.25, 0.3) is 0 Å². The Kier molecular flexibility index (Phi) is 5.27. The summed E-state index contributed by atoms with van der Waals surface area (Å²) in [5.41, 5.74) is 1.55. The number of amides is 1. The van der Waals surface area contributed by atoms with Gasteiger partial charge in [-0.15, -0.1) is 0 Å². The lowest BCUT2D eigenvalue weighted by Crippen LogP contribution is -2.48. The molecule has 130 valence electrons. The molecule has 0 bridgehead atoms. The predicted octanol–water partition coefficient (Wildman–Crippen LogP) is 3.77. The third-order valence-electron chi connectivity index (χ3n) is 3.97. The van der Waals surface area contributed by atoms with Crippen molar-refractivity contribution >= 4 is 35.1 Å². The molecule has 2 N–H and O–H groups in total. The van der Waals surface area contributed by atoms with Gasteiger partial charge in [0.2, 0.25) is 5.91 Å². The van der Waals surface area contributed by atoms with Crippen LogP contribution in [0.3, 0.4) is 0 Å². The van der Waals surface area contributed by atoms with Crippen molar-refractivity contribution in [2.24, 2.45) is 0 Å². The van der Waals surface area contributed by atoms with E-state index in [1.54, 1.807) is 42.5 Å². The molecule has 3 atom stereocenters. The van der Waals surface area contributed by atoms with Gasteiger partial charge in [-0.1, -0.05) is 47.5 Å². The van der Waals surface area contributed by atoms with E-state index in [-0.39, 0.29) is 0 Å². The number of hydrogen-bond acceptors (Lipinski definition) is 3. The van der Waals surface area contributed by atoms with Crippen molar-refractivity contribution in [1.29, 1.82) is 0 Å². The summed E-state index contributed by atoms with van der Waals surface area (Å²) in [6.07, 6.45) is -2.04. The van der Waals surface area contributed by atoms with E-state index in [1.165, 1.54) is 0 Å². The Hall–Kier alpha value is -2.08. The minimum absolute atomic E-state index is 0.407. The Morgan fingerprint density at radius 1 is 1.08 bits per heavy atom. The SMILES string of the molecule is O=C(O)C[C@H]1O[C@@H](c2cccc(Cl)c2)[C@@H](c2ccc(Cl)cc2)NC1=O. The minimum atomic E-state index is -1.10. The monoisotopic (exact) mass is 379 g/mol. The quantitative estimate of drug-likeness (QED) is 0.847. The van der Waals surface area contributed by atoms with Crippen molar-refractivity contribution in [2.75, 3.05) is 0 Å². The first kappa shape index (κ1) is 17.7. The van der Waals surface area contributed by atoms with E-state index in [0.29, 0.717) is 10.0 Å². The van der Waals surface area contributed by atoms with Crippen LogP contribution in [0.2, 0.25) is 10.0 Å². The fourth-order valence-electron chi connectivity index (χ4n) is 2.82. The van der Waals surface area contributed by atoms with Crippen LogP contribution in [0.4, 0.5) is 0 Å². The number of ether oxygens (including phenoxy) is 1. The fourth-order valence-corrected chi connectivity index (χ4v) is 3.15. The smallest absolute Gasteiger partial charge is 0.306 e. The number of nitrogens with one attached hydrogen (secondary N) is 1. The maximum absolute atomic E-state index is 12.3. The van der Waals surface area contributed by atoms with Gasteiger partial charge in [0, 0.05) is 10.0 Å². The molecular weight excluding hydrogens is 365 g/mol. The zero-order valence-corrected chi connectivity index (χ0v) is 14.5. The van der Waals surface area contributed by atoms with Gasteiger partial charge >= 0.3 is 5.97 Å². The highest BCUT2D eigenvalue weighted by Gasteiger charge is 2.39. The summed E-state index contributed by atoms with van der Waals surface area (Å²) >= 11 is 12.0. The second-order valence-electron chi connectivity index (χ2n) is 5.74. The molecule has 2 aromatic carbocycles. The number of rotatable bonds is 4. The molecular formula is C18H15Cl2NO4. The zero-order valence-electron chi connectivity index (χ0n) is 13.0. The van der Waals surface area contributed by atoms with Gasteiger partial charge in [-0.05, 0) is 35.4 Å². The van der Waals surface area contributed by atoms with Crippen molar-refractivity contribution in [1.82, 2.24) is 5.32 Å². The minimum Gasteiger partial charge on any atom is -0.481 e. The topological polar surface area (TPSA) is 75.6 Å². The Balaban J connectivity index is 1.97. The molecule has 0 unspecified atom stereocenters. The number of halogens is 2. The van der Waals surface area contributed by atoms with Crippen LogP contribution in [0.1, 0.15) is 29.7 Å². The second-order valence-corrected chi connectivity index (χ2v) is 6.61. The standard InChI is InChI=1S/C18H15Cl2NO4/c19-12-6-4-10(5-7-12)16-17(11-2-1-3-13(20)8-11)25-14(9-15(22)23)18(24)21-16/h1-8,14,16-17H,9H2,(H,21,24)(H,22,23)/t14-,16-,17+/m1/s1. The third-order valence-corrected chi connectivity index (χ3v) is 4.46. The van der Waals surface area contributed by atoms with Crippen LogP contribution in [0.5, 0.6) is 0 Å². The van der Waals surface area contributed by atoms with Gasteiger partial charge in [-0.25, -0.2) is 0 Å². The van der Waals surface area contributed by atoms with Gasteiger partial charge < -0.3 is 15.2 Å². The molecule has 3 rings (SSSR count). The summed E-state index contributed by atoms with van der Waals surface area (Å²) in [7, 11) is 0. The van der Waals surface area contributed by atoms with Gasteiger partial charge in [-0.3, -0.25) is 9.59 Å². The van der Waals surface area contributed by atoms with E-state index in [0.717, 1.165) is 11.1 Å². The van der Waals surface area contributed by atoms with Crippen molar-refractivity contribution < 1.29 is 19.4 Å². The molecule has 1 fully saturated rings. The van der Waals surface area contributed by atoms with Crippen molar-refractivity contribution in [3.8, 4) is 0 Å². The van der Waals surface area contributed by atoms with Gasteiger partial charge in [0.1, 0.15) is 12.2 Å². The third kappa shape index (κ3) is 4.12. The molecule has 2 aromatic rings. The molecule has 0 saturated carbocycles. The van der Waals surface area contributed by atoms with Crippen molar-refractivity contribution in [3.63, 3.8) is 0 Å². The first-order valence-corrected chi connectivity index (χ1v) is 8.38. The van der Waals surface area contributed by atoms with Crippen LogP contribution in [0.15, 0.2) is 48.5 Å². The van der Waals surface area contributed by atoms with Crippen LogP contribution in [0.25, 0.3) is 0 Å². The number of morpholine rings is 1. The van der Waals surface area contributed by atoms with Crippen LogP contribution in [-0.4, -0.2) is 23.1 Å². The van der Waals surface area contributed by atoms with Crippen LogP contribution >= 0.6 is 23.2 Å². The van der Waals surface area contributed by atoms with Crippen molar-refractivity contribution in [3.05, 3.63) is 69.7 Å². The van der Waals surface area contributed by atoms with Crippen LogP contribution in [-0.2, 0) is 14.3 Å². The fraction of sp³-hybridized carbons (Fsp3) is 0.222. The molecule has 5 nitrogen and oxygen atoms in total. The zero-order chi connectivity index (χ0) is 18.0. The average molecular weight is 380 g/mol. The molecule has 25 heavy (non-hydrogen) atoms. The first-order valence-electron chi connectivity index (χ1n) is 7.62. The predicted molar refractivity (Wildman–Crippen MR) is 93.7 cm³/mol. The Morgan fingerprint density at radius 3 is 2.44 bits per heavy atom. The molecule has 1 heterocycles. The second kappa shape index (κ2) is 7.44. The summed E-state index contributed by atoms with van der Waals surface area (Å²) < 4.78 is 5.86. The van der Waals surface area contributed by atoms with Gasteiger partial charge in [-0.2, -0.15) is 0 Å². The lowest BCUT2D eigenvalue weighted by Gasteiger charge is -2.37. The lowest BCUT2D eigenvalue weighted by atomic mass is 9.93. The van der Waals surface area contributed by atoms with Gasteiger partial charge in [0.15, 0.2) is 0 Å². The molecule has 1 saturated heterocycles. The molecule has 0 spiro atoms. The summed E-state index contributed by atoms with van der Waals surface area (Å²) in [5.74, 6) is -1.56. The summed E-state index contributed by atoms with van der Waals surface area (Å²) in [6.45, 7) is 0. The number of benzene rings is 2. The molecule has 0 radical (unpaired) electrons. The lowest BCUT2D eigenvalue weighted by molar-refractivity contribution is -0.159. The molecule has 1 aliphatic heterocycles. The number of carboxylic acid groups (broad SMARTS) is 1. The molecule has 7 heteroatoms. The average Bonchev–Trinajstić information content (AvgIpc) is 2.57. The maximum Gasteiger partial charge on any atom is 0.306 e. The number of carbonyl (C=O) groups excluding carboxylic acids is 1. The molecule has 1 amide bonds. The number of carbonyl (C=O) groups is 2. The summed E-state index contributed by atoms with van der Waals surface area (Å²) in [6, 6.07) is 13.6. The Labute approximate surface area is 154 Å². The highest BCUT2D eigenvalue weighted by Crippen LogP contribution is 2.38. The van der Waals surface area contributed by atoms with E-state index in [9.17, 15) is 9.59 Å². The molecule has 1 aliphatic rings. The number of aliphatic carboxylic acids is 1. The van der Waals surface area contributed by atoms with E-state index < -0.39 is 36.5 Å². The van der Waals surface area contributed by atoms with E-state index in [4.69, 9.17) is 33.0 Å². The molecule has 0 aliphatic carbocycles. The first-order chi connectivity index (χ1) is 11.9. The maximum atomic E-state index is 12.3.